The number of carbonyl (C=O) groups is 2. The molecule has 0 spiro atoms. The molecule has 0 bridgehead atoms. The van der Waals surface area contributed by atoms with Gasteiger partial charge in [-0.25, -0.2) is 0 Å². The second kappa shape index (κ2) is 40.8. The molecule has 0 amide bonds. The van der Waals surface area contributed by atoms with Gasteiger partial charge in [0.15, 0.2) is 6.29 Å². The maximum atomic E-state index is 12.4. The Balaban J connectivity index is 4.04. The molecule has 0 rings (SSSR count). The number of nitrogens with zero attached hydrogens (tertiary/aromatic N) is 1. The van der Waals surface area contributed by atoms with Gasteiger partial charge in [0, 0.05) is 32.6 Å². The molecular weight excluding hydrogens is 642 g/mol. The van der Waals surface area contributed by atoms with Gasteiger partial charge in [-0.2, -0.15) is 0 Å². The summed E-state index contributed by atoms with van der Waals surface area (Å²) in [4.78, 5) is 26.6. The highest BCUT2D eigenvalue weighted by atomic mass is 16.7. The van der Waals surface area contributed by atoms with Crippen LogP contribution in [0.15, 0.2) is 36.5 Å². The van der Waals surface area contributed by atoms with Crippen molar-refractivity contribution in [1.82, 2.24) is 4.90 Å². The summed E-state index contributed by atoms with van der Waals surface area (Å²) in [5.41, 5.74) is 0. The van der Waals surface area contributed by atoms with Crippen LogP contribution in [-0.2, 0) is 28.5 Å². The minimum Gasteiger partial charge on any atom is -0.466 e. The van der Waals surface area contributed by atoms with E-state index in [1.54, 1.807) is 0 Å². The van der Waals surface area contributed by atoms with Gasteiger partial charge in [0.05, 0.1) is 19.6 Å². The first-order valence-electron chi connectivity index (χ1n) is 20.9. The lowest BCUT2D eigenvalue weighted by molar-refractivity contribution is -0.159. The fraction of sp³-hybridized carbons (Fsp3) is 0.814. The minimum atomic E-state index is -0.361. The average molecular weight is 722 g/mol. The highest BCUT2D eigenvalue weighted by molar-refractivity contribution is 5.69. The number of ether oxygens (including phenoxy) is 4. The monoisotopic (exact) mass is 722 g/mol. The molecular formula is C43H79NO7. The zero-order valence-electron chi connectivity index (χ0n) is 33.3. The summed E-state index contributed by atoms with van der Waals surface area (Å²) in [5, 5.41) is 9.50. The second-order valence-electron chi connectivity index (χ2n) is 13.5. The van der Waals surface area contributed by atoms with E-state index >= 15 is 0 Å². The molecule has 0 aromatic carbocycles. The van der Waals surface area contributed by atoms with E-state index in [9.17, 15) is 14.7 Å². The average Bonchev–Trinajstić information content (AvgIpc) is 3.13. The molecule has 0 saturated heterocycles. The Morgan fingerprint density at radius 2 is 1.08 bits per heavy atom. The third kappa shape index (κ3) is 37.6. The highest BCUT2D eigenvalue weighted by Crippen LogP contribution is 2.12. The van der Waals surface area contributed by atoms with E-state index in [1.807, 2.05) is 6.08 Å². The summed E-state index contributed by atoms with van der Waals surface area (Å²) in [6, 6.07) is 0. The molecule has 0 heterocycles. The molecule has 298 valence electrons. The Kier molecular flexibility index (Phi) is 39.2. The first kappa shape index (κ1) is 49.0. The van der Waals surface area contributed by atoms with Crippen molar-refractivity contribution in [2.24, 2.45) is 0 Å². The normalized spacial score (nSPS) is 12.0. The Morgan fingerprint density at radius 1 is 0.549 bits per heavy atom. The van der Waals surface area contributed by atoms with Gasteiger partial charge < -0.3 is 29.0 Å². The van der Waals surface area contributed by atoms with Gasteiger partial charge >= 0.3 is 11.9 Å². The van der Waals surface area contributed by atoms with Crippen LogP contribution in [0.2, 0.25) is 0 Å². The third-order valence-corrected chi connectivity index (χ3v) is 8.66. The van der Waals surface area contributed by atoms with Crippen LogP contribution in [0.5, 0.6) is 0 Å². The lowest BCUT2D eigenvalue weighted by Gasteiger charge is -2.21. The first-order valence-corrected chi connectivity index (χ1v) is 20.9. The van der Waals surface area contributed by atoms with Crippen molar-refractivity contribution in [2.45, 2.75) is 175 Å². The number of carbonyl (C=O) groups excluding carboxylic acids is 2. The van der Waals surface area contributed by atoms with E-state index in [0.717, 1.165) is 129 Å². The van der Waals surface area contributed by atoms with Crippen LogP contribution in [0.3, 0.4) is 0 Å². The Bertz CT molecular complexity index is 820. The van der Waals surface area contributed by atoms with Gasteiger partial charge in [-0.05, 0) is 96.6 Å². The summed E-state index contributed by atoms with van der Waals surface area (Å²) in [6.07, 6.45) is 35.0. The van der Waals surface area contributed by atoms with Crippen molar-refractivity contribution in [2.75, 3.05) is 52.7 Å². The lowest BCUT2D eigenvalue weighted by Crippen LogP contribution is -2.29. The molecule has 0 saturated carbocycles. The molecule has 0 aromatic rings. The fourth-order valence-electron chi connectivity index (χ4n) is 5.56. The SMILES string of the molecule is CC/C=C\CCCCOC(CCC(=O)OCCCCCCN(CCO)CCCCCCCC(=O)OC/C=C/CCCC)OCCCC/C=C\CC. The Labute approximate surface area is 313 Å². The molecule has 0 radical (unpaired) electrons. The predicted molar refractivity (Wildman–Crippen MR) is 212 cm³/mol. The quantitative estimate of drug-likeness (QED) is 0.0290. The van der Waals surface area contributed by atoms with Crippen molar-refractivity contribution in [3.8, 4) is 0 Å². The van der Waals surface area contributed by atoms with Gasteiger partial charge in [0.2, 0.25) is 0 Å². The lowest BCUT2D eigenvalue weighted by atomic mass is 10.1. The van der Waals surface area contributed by atoms with Gasteiger partial charge in [-0.1, -0.05) is 102 Å². The molecule has 1 N–H and O–H groups in total. The van der Waals surface area contributed by atoms with Crippen molar-refractivity contribution in [3.63, 3.8) is 0 Å². The number of hydrogen-bond donors (Lipinski definition) is 1. The van der Waals surface area contributed by atoms with Crippen LogP contribution in [0.25, 0.3) is 0 Å². The van der Waals surface area contributed by atoms with Gasteiger partial charge in [-0.3, -0.25) is 9.59 Å². The van der Waals surface area contributed by atoms with Crippen LogP contribution in [-0.4, -0.2) is 80.9 Å². The summed E-state index contributed by atoms with van der Waals surface area (Å²) < 4.78 is 22.8. The Hall–Kier alpha value is -2.00. The summed E-state index contributed by atoms with van der Waals surface area (Å²) in [7, 11) is 0. The number of aliphatic hydroxyl groups is 1. The maximum Gasteiger partial charge on any atom is 0.306 e. The van der Waals surface area contributed by atoms with E-state index in [2.05, 4.69) is 56.1 Å². The molecule has 0 aliphatic carbocycles. The first-order chi connectivity index (χ1) is 25.1. The molecule has 0 aliphatic heterocycles. The number of allylic oxidation sites excluding steroid dienone is 5. The number of aliphatic hydroxyl groups excluding tert-OH is 1. The number of unbranched alkanes of at least 4 members (excludes halogenated alkanes) is 13. The molecule has 51 heavy (non-hydrogen) atoms. The van der Waals surface area contributed by atoms with E-state index in [4.69, 9.17) is 18.9 Å². The van der Waals surface area contributed by atoms with E-state index in [1.165, 1.54) is 12.8 Å². The van der Waals surface area contributed by atoms with E-state index in [-0.39, 0.29) is 24.8 Å². The molecule has 8 nitrogen and oxygen atoms in total. The molecule has 8 heteroatoms. The van der Waals surface area contributed by atoms with E-state index in [0.29, 0.717) is 52.2 Å². The summed E-state index contributed by atoms with van der Waals surface area (Å²) in [5.74, 6) is -0.280. The summed E-state index contributed by atoms with van der Waals surface area (Å²) >= 11 is 0. The maximum absolute atomic E-state index is 12.4. The largest absolute Gasteiger partial charge is 0.466 e. The fourth-order valence-corrected chi connectivity index (χ4v) is 5.56. The van der Waals surface area contributed by atoms with Crippen molar-refractivity contribution >= 4 is 11.9 Å². The van der Waals surface area contributed by atoms with Gasteiger partial charge in [0.1, 0.15) is 6.61 Å². The number of rotatable bonds is 39. The topological polar surface area (TPSA) is 94.5 Å². The van der Waals surface area contributed by atoms with Crippen molar-refractivity contribution < 1.29 is 33.6 Å². The molecule has 0 aliphatic rings. The van der Waals surface area contributed by atoms with Crippen LogP contribution in [0.1, 0.15) is 168 Å². The van der Waals surface area contributed by atoms with Gasteiger partial charge in [-0.15, -0.1) is 0 Å². The van der Waals surface area contributed by atoms with Crippen LogP contribution in [0.4, 0.5) is 0 Å². The molecule has 0 fully saturated rings. The zero-order chi connectivity index (χ0) is 37.3. The van der Waals surface area contributed by atoms with Crippen LogP contribution >= 0.6 is 0 Å². The van der Waals surface area contributed by atoms with E-state index < -0.39 is 0 Å². The zero-order valence-corrected chi connectivity index (χ0v) is 33.3. The highest BCUT2D eigenvalue weighted by Gasteiger charge is 2.13. The second-order valence-corrected chi connectivity index (χ2v) is 13.5. The standard InChI is InChI=1S/C43H79NO7/c1-4-7-10-13-20-28-39-50-43(51-40-29-21-14-11-8-5-2)32-31-42(47)49-38-27-22-18-25-34-44(35-36-45)33-24-17-15-16-23-30-41(46)48-37-26-19-12-9-6-3/h7-8,10-11,19,26,43,45H,4-6,9,12-18,20-25,27-40H2,1-3H3/b10-7-,11-8-,26-19+. The van der Waals surface area contributed by atoms with Gasteiger partial charge in [0.25, 0.3) is 0 Å². The number of esters is 2. The smallest absolute Gasteiger partial charge is 0.306 e. The molecule has 0 atom stereocenters. The summed E-state index contributed by atoms with van der Waals surface area (Å²) in [6.45, 7) is 11.4. The third-order valence-electron chi connectivity index (χ3n) is 8.66. The van der Waals surface area contributed by atoms with Crippen LogP contribution < -0.4 is 0 Å². The Morgan fingerprint density at radius 3 is 1.69 bits per heavy atom. The molecule has 0 unspecified atom stereocenters. The minimum absolute atomic E-state index is 0.101. The number of hydrogen-bond acceptors (Lipinski definition) is 8. The van der Waals surface area contributed by atoms with Crippen molar-refractivity contribution in [1.29, 1.82) is 0 Å². The van der Waals surface area contributed by atoms with Crippen LogP contribution in [0, 0.1) is 0 Å². The predicted octanol–water partition coefficient (Wildman–Crippen LogP) is 10.4. The molecule has 0 aromatic heterocycles. The van der Waals surface area contributed by atoms with Crippen molar-refractivity contribution in [3.05, 3.63) is 36.5 Å².